The molecule has 1 N–H and O–H groups in total. The van der Waals surface area contributed by atoms with E-state index in [1.807, 2.05) is 0 Å². The van der Waals surface area contributed by atoms with Crippen LogP contribution in [0.1, 0.15) is 36.8 Å². The van der Waals surface area contributed by atoms with Crippen LogP contribution < -0.4 is 14.5 Å². The highest BCUT2D eigenvalue weighted by molar-refractivity contribution is 6.32. The molecule has 3 fully saturated rings. The van der Waals surface area contributed by atoms with E-state index in [0.717, 1.165) is 54.8 Å². The van der Waals surface area contributed by atoms with Crippen LogP contribution in [0.15, 0.2) is 24.9 Å². The maximum Gasteiger partial charge on any atom is 0.320 e. The van der Waals surface area contributed by atoms with E-state index in [1.54, 1.807) is 11.1 Å². The highest BCUT2D eigenvalue weighted by atomic mass is 35.5. The first kappa shape index (κ1) is 28.3. The van der Waals surface area contributed by atoms with Gasteiger partial charge in [0.15, 0.2) is 0 Å². The zero-order chi connectivity index (χ0) is 29.7. The summed E-state index contributed by atoms with van der Waals surface area (Å²) in [5.41, 5.74) is 1.87. The van der Waals surface area contributed by atoms with Gasteiger partial charge in [-0.15, -0.1) is 0 Å². The molecule has 7 rings (SSSR count). The molecule has 3 aromatic rings. The molecule has 2 atom stereocenters. The van der Waals surface area contributed by atoms with Gasteiger partial charge in [-0.2, -0.15) is 15.1 Å². The average Bonchev–Trinajstić information content (AvgIpc) is 3.72. The number of anilines is 2. The van der Waals surface area contributed by atoms with Crippen molar-refractivity contribution >= 4 is 40.0 Å². The molecular weight excluding hydrogens is 578 g/mol. The van der Waals surface area contributed by atoms with Crippen molar-refractivity contribution in [2.75, 3.05) is 62.2 Å². The Morgan fingerprint density at radius 3 is 2.81 bits per heavy atom. The number of amides is 1. The van der Waals surface area contributed by atoms with Crippen molar-refractivity contribution in [1.82, 2.24) is 30.0 Å². The third kappa shape index (κ3) is 5.08. The molecule has 0 saturated carbocycles. The lowest BCUT2D eigenvalue weighted by Crippen LogP contribution is -2.49. The second-order valence-corrected chi connectivity index (χ2v) is 12.4. The number of carbonyl (C=O) groups is 1. The van der Waals surface area contributed by atoms with Gasteiger partial charge in [-0.1, -0.05) is 18.2 Å². The number of ether oxygens (including phenoxy) is 1. The smallest absolute Gasteiger partial charge is 0.320 e. The molecule has 228 valence electrons. The van der Waals surface area contributed by atoms with Crippen molar-refractivity contribution in [3.05, 3.63) is 46.9 Å². The quantitative estimate of drug-likeness (QED) is 0.402. The minimum Gasteiger partial charge on any atom is -0.461 e. The maximum atomic E-state index is 14.8. The van der Waals surface area contributed by atoms with Crippen LogP contribution in [0, 0.1) is 5.82 Å². The summed E-state index contributed by atoms with van der Waals surface area (Å²) in [5, 5.41) is 7.77. The molecule has 1 amide bonds. The molecule has 0 bridgehead atoms. The fourth-order valence-corrected chi connectivity index (χ4v) is 7.53. The number of fused-ring (bicyclic) bond motifs is 3. The summed E-state index contributed by atoms with van der Waals surface area (Å²) in [4.78, 5) is 30.4. The van der Waals surface area contributed by atoms with Gasteiger partial charge in [0.2, 0.25) is 5.91 Å². The normalized spacial score (nSPS) is 24.0. The van der Waals surface area contributed by atoms with Crippen LogP contribution in [-0.4, -0.2) is 100 Å². The number of hydrogen-bond donors (Lipinski definition) is 1. The maximum absolute atomic E-state index is 14.8. The Morgan fingerprint density at radius 1 is 1.19 bits per heavy atom. The van der Waals surface area contributed by atoms with Gasteiger partial charge in [0.05, 0.1) is 22.3 Å². The Hall–Kier alpha value is -3.51. The number of hydrogen-bond acceptors (Lipinski definition) is 8. The Labute approximate surface area is 253 Å². The van der Waals surface area contributed by atoms with Gasteiger partial charge in [0, 0.05) is 74.8 Å². The monoisotopic (exact) mass is 612 g/mol. The number of nitrogens with zero attached hydrogens (tertiary/aromatic N) is 7. The lowest BCUT2D eigenvalue weighted by Gasteiger charge is -2.38. The fraction of sp³-hybridized carbons (Fsp3) is 0.533. The van der Waals surface area contributed by atoms with Gasteiger partial charge in [0.25, 0.3) is 0 Å². The van der Waals surface area contributed by atoms with Gasteiger partial charge >= 0.3 is 6.01 Å². The molecule has 4 aliphatic rings. The van der Waals surface area contributed by atoms with Gasteiger partial charge < -0.3 is 19.4 Å². The van der Waals surface area contributed by atoms with E-state index in [9.17, 15) is 13.6 Å². The predicted octanol–water partition coefficient (Wildman–Crippen LogP) is 3.89. The third-order valence-electron chi connectivity index (χ3n) is 9.48. The zero-order valence-electron chi connectivity index (χ0n) is 24.0. The van der Waals surface area contributed by atoms with Gasteiger partial charge in [0.1, 0.15) is 30.2 Å². The Morgan fingerprint density at radius 2 is 2.00 bits per heavy atom. The van der Waals surface area contributed by atoms with Gasteiger partial charge in [-0.3, -0.25) is 14.8 Å². The average molecular weight is 613 g/mol. The zero-order valence-corrected chi connectivity index (χ0v) is 24.8. The number of nitrogens with one attached hydrogen (secondary N) is 1. The van der Waals surface area contributed by atoms with E-state index in [1.165, 1.54) is 12.1 Å². The van der Waals surface area contributed by atoms with Crippen LogP contribution in [0.5, 0.6) is 6.01 Å². The fourth-order valence-electron chi connectivity index (χ4n) is 7.32. The summed E-state index contributed by atoms with van der Waals surface area (Å²) in [6, 6.07) is 1.60. The summed E-state index contributed by atoms with van der Waals surface area (Å²) in [7, 11) is 0. The Bertz CT molecular complexity index is 1560. The summed E-state index contributed by atoms with van der Waals surface area (Å²) < 4.78 is 35.6. The van der Waals surface area contributed by atoms with Crippen LogP contribution >= 0.6 is 11.6 Å². The van der Waals surface area contributed by atoms with Crippen molar-refractivity contribution in [3.8, 4) is 6.01 Å². The van der Waals surface area contributed by atoms with Crippen LogP contribution in [0.2, 0.25) is 5.02 Å². The molecule has 2 aromatic heterocycles. The number of alkyl halides is 1. The molecule has 13 heteroatoms. The number of aromatic nitrogens is 4. The number of halogens is 3. The van der Waals surface area contributed by atoms with Gasteiger partial charge in [-0.05, 0) is 38.3 Å². The van der Waals surface area contributed by atoms with Crippen LogP contribution in [-0.2, 0) is 17.8 Å². The van der Waals surface area contributed by atoms with Crippen molar-refractivity contribution in [2.24, 2.45) is 0 Å². The van der Waals surface area contributed by atoms with E-state index in [-0.39, 0.29) is 22.5 Å². The largest absolute Gasteiger partial charge is 0.461 e. The summed E-state index contributed by atoms with van der Waals surface area (Å²) in [6.07, 6.45) is 6.14. The number of aromatic amines is 1. The molecule has 43 heavy (non-hydrogen) atoms. The lowest BCUT2D eigenvalue weighted by atomic mass is 9.95. The van der Waals surface area contributed by atoms with Crippen LogP contribution in [0.4, 0.5) is 20.4 Å². The molecule has 3 saturated heterocycles. The van der Waals surface area contributed by atoms with Crippen LogP contribution in [0.25, 0.3) is 10.9 Å². The highest BCUT2D eigenvalue weighted by Gasteiger charge is 2.49. The summed E-state index contributed by atoms with van der Waals surface area (Å²) in [5.74, 6) is 0.918. The highest BCUT2D eigenvalue weighted by Crippen LogP contribution is 2.41. The summed E-state index contributed by atoms with van der Waals surface area (Å²) in [6.45, 7) is 8.59. The second kappa shape index (κ2) is 11.2. The van der Waals surface area contributed by atoms with Crippen LogP contribution in [0.3, 0.4) is 0 Å². The molecule has 0 spiro atoms. The number of H-pyrrole nitrogens is 1. The minimum absolute atomic E-state index is 0.0669. The van der Waals surface area contributed by atoms with Crippen molar-refractivity contribution in [2.45, 2.75) is 50.4 Å². The first-order chi connectivity index (χ1) is 20.8. The molecule has 0 aliphatic carbocycles. The number of piperazine rings is 1. The minimum atomic E-state index is -0.857. The first-order valence-corrected chi connectivity index (χ1v) is 15.4. The first-order valence-electron chi connectivity index (χ1n) is 15.0. The molecule has 1 aromatic carbocycles. The topological polar surface area (TPSA) is 93.7 Å². The number of rotatable bonds is 7. The lowest BCUT2D eigenvalue weighted by molar-refractivity contribution is -0.126. The van der Waals surface area contributed by atoms with E-state index in [4.69, 9.17) is 26.3 Å². The standard InChI is InChI=1S/C30H35ClF2N8O2/c1-2-25(42)38-9-11-39(12-10-38)27-20-5-3-7-40(17-22-21-15-34-37-24(21)13-23(33)26(22)31)28(20)36-29(35-27)43-18-30-6-4-8-41(30)16-19(32)14-30/h2,13,15,19H,1,3-12,14,16-18H2,(H,34,37)/t19-,30?/m1/s1. The van der Waals surface area contributed by atoms with Crippen molar-refractivity contribution in [3.63, 3.8) is 0 Å². The Balaban J connectivity index is 1.23. The van der Waals surface area contributed by atoms with E-state index in [2.05, 4.69) is 31.5 Å². The summed E-state index contributed by atoms with van der Waals surface area (Å²) >= 11 is 6.51. The molecule has 1 unspecified atom stereocenters. The van der Waals surface area contributed by atoms with E-state index in [0.29, 0.717) is 69.9 Å². The molecule has 4 aliphatic heterocycles. The van der Waals surface area contributed by atoms with Crippen molar-refractivity contribution in [1.29, 1.82) is 0 Å². The van der Waals surface area contributed by atoms with E-state index < -0.39 is 12.0 Å². The van der Waals surface area contributed by atoms with Gasteiger partial charge in [-0.25, -0.2) is 8.78 Å². The molecular formula is C30H35ClF2N8O2. The predicted molar refractivity (Wildman–Crippen MR) is 160 cm³/mol. The Kier molecular flexibility index (Phi) is 7.37. The van der Waals surface area contributed by atoms with E-state index >= 15 is 0 Å². The second-order valence-electron chi connectivity index (χ2n) is 12.0. The number of benzene rings is 1. The third-order valence-corrected chi connectivity index (χ3v) is 9.89. The number of carbonyl (C=O) groups excluding carboxylic acids is 1. The van der Waals surface area contributed by atoms with Crippen molar-refractivity contribution < 1.29 is 18.3 Å². The molecule has 6 heterocycles. The molecule has 0 radical (unpaired) electrons. The SMILES string of the molecule is C=CC(=O)N1CCN(c2nc(OCC34CCCN3C[C@H](F)C4)nc3c2CCCN3Cc2c(Cl)c(F)cc3[nH]ncc23)CC1. The molecule has 10 nitrogen and oxygen atoms in total.